The van der Waals surface area contributed by atoms with E-state index in [1.54, 1.807) is 0 Å². The van der Waals surface area contributed by atoms with Gasteiger partial charge in [-0.25, -0.2) is 0 Å². The second-order valence-corrected chi connectivity index (χ2v) is 8.05. The number of hydrogen-bond donors (Lipinski definition) is 1. The maximum Gasteiger partial charge on any atom is 0.226 e. The minimum atomic E-state index is 0.0223. The van der Waals surface area contributed by atoms with Crippen molar-refractivity contribution in [2.75, 3.05) is 5.33 Å². The highest BCUT2D eigenvalue weighted by Gasteiger charge is 2.54. The van der Waals surface area contributed by atoms with Gasteiger partial charge >= 0.3 is 0 Å². The summed E-state index contributed by atoms with van der Waals surface area (Å²) in [5.74, 6) is 2.95. The highest BCUT2D eigenvalue weighted by atomic mass is 79.9. The largest absolute Gasteiger partial charge is 0.353 e. The van der Waals surface area contributed by atoms with Crippen LogP contribution in [0.5, 0.6) is 0 Å². The molecule has 0 aliphatic heterocycles. The van der Waals surface area contributed by atoms with Gasteiger partial charge in [0.2, 0.25) is 5.91 Å². The molecule has 0 aromatic rings. The predicted octanol–water partition coefficient (Wildman–Crippen LogP) is 3.88. The summed E-state index contributed by atoms with van der Waals surface area (Å²) in [6, 6.07) is 0.361. The summed E-state index contributed by atoms with van der Waals surface area (Å²) in [6.07, 6.45) is 9.85. The van der Waals surface area contributed by atoms with Gasteiger partial charge in [0, 0.05) is 16.8 Å². The van der Waals surface area contributed by atoms with Gasteiger partial charge in [-0.1, -0.05) is 22.9 Å². The third kappa shape index (κ3) is 2.59. The van der Waals surface area contributed by atoms with Crippen LogP contribution in [0.4, 0.5) is 0 Å². The molecule has 19 heavy (non-hydrogen) atoms. The molecule has 0 aromatic heterocycles. The van der Waals surface area contributed by atoms with Gasteiger partial charge in [-0.15, -0.1) is 0 Å². The lowest BCUT2D eigenvalue weighted by molar-refractivity contribution is -0.147. The molecule has 4 aliphatic carbocycles. The number of alkyl halides is 1. The normalized spacial score (nSPS) is 41.3. The van der Waals surface area contributed by atoms with Gasteiger partial charge in [0.25, 0.3) is 0 Å². The van der Waals surface area contributed by atoms with Crippen LogP contribution in [-0.4, -0.2) is 17.3 Å². The first-order valence-electron chi connectivity index (χ1n) is 8.02. The number of hydrogen-bond acceptors (Lipinski definition) is 1. The summed E-state index contributed by atoms with van der Waals surface area (Å²) >= 11 is 3.49. The predicted molar refractivity (Wildman–Crippen MR) is 81.2 cm³/mol. The van der Waals surface area contributed by atoms with E-state index < -0.39 is 0 Å². The van der Waals surface area contributed by atoms with E-state index in [1.807, 2.05) is 0 Å². The number of carbonyl (C=O) groups excluding carboxylic acids is 1. The molecule has 2 nitrogen and oxygen atoms in total. The SMILES string of the molecule is CCC(CCBr)NC(=O)C12CC3CC(CC(C3)C1)C2. The molecule has 4 fully saturated rings. The summed E-state index contributed by atoms with van der Waals surface area (Å²) in [5, 5.41) is 4.33. The standard InChI is InChI=1S/C16H26BrNO/c1-2-14(3-4-17)18-15(19)16-8-11-5-12(9-16)7-13(6-11)10-16/h11-14H,2-10H2,1H3,(H,18,19). The Morgan fingerprint density at radius 2 is 1.74 bits per heavy atom. The van der Waals surface area contributed by atoms with Crippen molar-refractivity contribution in [3.05, 3.63) is 0 Å². The molecular formula is C16H26BrNO. The molecule has 4 aliphatic rings. The Kier molecular flexibility index (Phi) is 3.94. The zero-order valence-corrected chi connectivity index (χ0v) is 13.5. The Bertz CT molecular complexity index is 319. The van der Waals surface area contributed by atoms with Crippen LogP contribution in [0, 0.1) is 23.2 Å². The van der Waals surface area contributed by atoms with Gasteiger partial charge in [-0.05, 0) is 69.1 Å². The molecule has 4 saturated carbocycles. The lowest BCUT2D eigenvalue weighted by Gasteiger charge is -2.55. The number of nitrogens with one attached hydrogen (secondary N) is 1. The molecule has 4 bridgehead atoms. The first-order valence-corrected chi connectivity index (χ1v) is 9.14. The zero-order chi connectivity index (χ0) is 13.5. The first kappa shape index (κ1) is 13.9. The van der Waals surface area contributed by atoms with Crippen LogP contribution in [0.25, 0.3) is 0 Å². The average molecular weight is 328 g/mol. The lowest BCUT2D eigenvalue weighted by Crippen LogP contribution is -2.55. The number of amides is 1. The molecule has 0 heterocycles. The fraction of sp³-hybridized carbons (Fsp3) is 0.938. The smallest absolute Gasteiger partial charge is 0.226 e. The third-order valence-corrected chi connectivity index (χ3v) is 6.26. The van der Waals surface area contributed by atoms with Crippen LogP contribution in [0.2, 0.25) is 0 Å². The fourth-order valence-electron chi connectivity index (χ4n) is 5.24. The Morgan fingerprint density at radius 1 is 1.21 bits per heavy atom. The highest BCUT2D eigenvalue weighted by Crippen LogP contribution is 2.60. The minimum absolute atomic E-state index is 0.0223. The van der Waals surface area contributed by atoms with E-state index in [0.717, 1.165) is 35.9 Å². The van der Waals surface area contributed by atoms with E-state index in [4.69, 9.17) is 0 Å². The van der Waals surface area contributed by atoms with E-state index in [9.17, 15) is 4.79 Å². The first-order chi connectivity index (χ1) is 9.15. The maximum absolute atomic E-state index is 12.8. The van der Waals surface area contributed by atoms with Crippen LogP contribution >= 0.6 is 15.9 Å². The van der Waals surface area contributed by atoms with Crippen molar-refractivity contribution in [1.82, 2.24) is 5.32 Å². The Morgan fingerprint density at radius 3 is 2.16 bits per heavy atom. The van der Waals surface area contributed by atoms with Gasteiger partial charge in [-0.3, -0.25) is 4.79 Å². The minimum Gasteiger partial charge on any atom is -0.353 e. The van der Waals surface area contributed by atoms with Crippen LogP contribution in [0.3, 0.4) is 0 Å². The van der Waals surface area contributed by atoms with Crippen molar-refractivity contribution in [3.8, 4) is 0 Å². The Hall–Kier alpha value is -0.0500. The monoisotopic (exact) mass is 327 g/mol. The molecule has 4 rings (SSSR count). The molecule has 0 radical (unpaired) electrons. The van der Waals surface area contributed by atoms with Crippen LogP contribution in [0.15, 0.2) is 0 Å². The summed E-state index contributed by atoms with van der Waals surface area (Å²) in [6.45, 7) is 2.17. The molecule has 108 valence electrons. The maximum atomic E-state index is 12.8. The zero-order valence-electron chi connectivity index (χ0n) is 12.0. The highest BCUT2D eigenvalue weighted by molar-refractivity contribution is 9.09. The molecule has 3 heteroatoms. The van der Waals surface area contributed by atoms with Crippen molar-refractivity contribution in [2.45, 2.75) is 64.3 Å². The van der Waals surface area contributed by atoms with E-state index in [2.05, 4.69) is 28.2 Å². The van der Waals surface area contributed by atoms with Crippen molar-refractivity contribution in [2.24, 2.45) is 23.2 Å². The van der Waals surface area contributed by atoms with Crippen molar-refractivity contribution in [3.63, 3.8) is 0 Å². The van der Waals surface area contributed by atoms with Crippen molar-refractivity contribution < 1.29 is 4.79 Å². The summed E-state index contributed by atoms with van der Waals surface area (Å²) in [7, 11) is 0. The summed E-state index contributed by atoms with van der Waals surface area (Å²) in [5.41, 5.74) is 0.0223. The van der Waals surface area contributed by atoms with Crippen LogP contribution < -0.4 is 5.32 Å². The average Bonchev–Trinajstić information content (AvgIpc) is 2.36. The van der Waals surface area contributed by atoms with Gasteiger partial charge in [-0.2, -0.15) is 0 Å². The van der Waals surface area contributed by atoms with E-state index in [0.29, 0.717) is 11.9 Å². The second kappa shape index (κ2) is 5.38. The van der Waals surface area contributed by atoms with E-state index in [1.165, 1.54) is 38.5 Å². The van der Waals surface area contributed by atoms with E-state index >= 15 is 0 Å². The van der Waals surface area contributed by atoms with Crippen molar-refractivity contribution in [1.29, 1.82) is 0 Å². The van der Waals surface area contributed by atoms with Crippen LogP contribution in [0.1, 0.15) is 58.3 Å². The molecule has 1 atom stereocenters. The van der Waals surface area contributed by atoms with Gasteiger partial charge in [0.05, 0.1) is 0 Å². The summed E-state index contributed by atoms with van der Waals surface area (Å²) < 4.78 is 0. The molecule has 1 amide bonds. The molecule has 0 saturated heterocycles. The quantitative estimate of drug-likeness (QED) is 0.763. The number of halogens is 1. The number of carbonyl (C=O) groups is 1. The van der Waals surface area contributed by atoms with Gasteiger partial charge in [0.15, 0.2) is 0 Å². The van der Waals surface area contributed by atoms with Crippen LogP contribution in [-0.2, 0) is 4.79 Å². The molecule has 0 aromatic carbocycles. The number of rotatable bonds is 5. The Labute approximate surface area is 125 Å². The third-order valence-electron chi connectivity index (χ3n) is 5.81. The fourth-order valence-corrected chi connectivity index (χ4v) is 5.79. The van der Waals surface area contributed by atoms with E-state index in [-0.39, 0.29) is 5.41 Å². The second-order valence-electron chi connectivity index (χ2n) is 7.25. The van der Waals surface area contributed by atoms with Gasteiger partial charge in [0.1, 0.15) is 0 Å². The molecule has 1 unspecified atom stereocenters. The Balaban J connectivity index is 1.69. The summed E-state index contributed by atoms with van der Waals surface area (Å²) in [4.78, 5) is 12.8. The molecule has 1 N–H and O–H groups in total. The molecular weight excluding hydrogens is 302 g/mol. The molecule has 0 spiro atoms. The topological polar surface area (TPSA) is 29.1 Å². The lowest BCUT2D eigenvalue weighted by atomic mass is 9.49. The van der Waals surface area contributed by atoms with Crippen molar-refractivity contribution >= 4 is 21.8 Å². The van der Waals surface area contributed by atoms with Gasteiger partial charge < -0.3 is 5.32 Å².